The van der Waals surface area contributed by atoms with Crippen LogP contribution in [0.25, 0.3) is 0 Å². The molecular weight excluding hydrogens is 224 g/mol. The summed E-state index contributed by atoms with van der Waals surface area (Å²) < 4.78 is 5.02. The van der Waals surface area contributed by atoms with E-state index < -0.39 is 0 Å². The molecule has 1 rings (SSSR count). The number of esters is 1. The monoisotopic (exact) mass is 240 g/mol. The number of ether oxygens (including phenoxy) is 1. The number of carbonyl (C=O) groups excluding carboxylic acids is 1. The summed E-state index contributed by atoms with van der Waals surface area (Å²) in [5, 5.41) is 0.637. The van der Waals surface area contributed by atoms with Crippen LogP contribution in [0.3, 0.4) is 0 Å². The van der Waals surface area contributed by atoms with E-state index in [1.807, 2.05) is 26.8 Å². The third kappa shape index (κ3) is 2.99. The van der Waals surface area contributed by atoms with E-state index in [4.69, 9.17) is 16.3 Å². The molecule has 88 valence electrons. The number of benzene rings is 1. The summed E-state index contributed by atoms with van der Waals surface area (Å²) >= 11 is 5.95. The van der Waals surface area contributed by atoms with Gasteiger partial charge in [0, 0.05) is 5.02 Å². The fraction of sp³-hybridized carbons (Fsp3) is 0.462. The lowest BCUT2D eigenvalue weighted by Gasteiger charge is -2.22. The third-order valence-corrected chi connectivity index (χ3v) is 2.52. The summed E-state index contributed by atoms with van der Waals surface area (Å²) in [7, 11) is 0. The topological polar surface area (TPSA) is 26.3 Å². The summed E-state index contributed by atoms with van der Waals surface area (Å²) in [6.07, 6.45) is 0. The normalized spacial score (nSPS) is 11.3. The van der Waals surface area contributed by atoms with Gasteiger partial charge in [0.15, 0.2) is 0 Å². The van der Waals surface area contributed by atoms with Crippen LogP contribution in [0.1, 0.15) is 43.6 Å². The molecule has 0 bridgehead atoms. The molecule has 16 heavy (non-hydrogen) atoms. The molecule has 0 radical (unpaired) electrons. The molecule has 0 N–H and O–H groups in total. The van der Waals surface area contributed by atoms with Crippen molar-refractivity contribution in [3.8, 4) is 0 Å². The van der Waals surface area contributed by atoms with E-state index in [0.717, 1.165) is 5.56 Å². The fourth-order valence-electron chi connectivity index (χ4n) is 1.52. The van der Waals surface area contributed by atoms with Gasteiger partial charge in [0.1, 0.15) is 0 Å². The van der Waals surface area contributed by atoms with Gasteiger partial charge in [-0.15, -0.1) is 0 Å². The van der Waals surface area contributed by atoms with E-state index in [1.165, 1.54) is 0 Å². The molecular formula is C13H17ClO2. The first-order valence-corrected chi connectivity index (χ1v) is 5.71. The van der Waals surface area contributed by atoms with Crippen LogP contribution in [-0.4, -0.2) is 12.6 Å². The van der Waals surface area contributed by atoms with Gasteiger partial charge in [0.25, 0.3) is 0 Å². The van der Waals surface area contributed by atoms with Crippen molar-refractivity contribution in [2.75, 3.05) is 6.61 Å². The highest BCUT2D eigenvalue weighted by Crippen LogP contribution is 2.29. The Hall–Kier alpha value is -1.02. The van der Waals surface area contributed by atoms with Gasteiger partial charge >= 0.3 is 5.97 Å². The van der Waals surface area contributed by atoms with Gasteiger partial charge in [-0.25, -0.2) is 4.79 Å². The van der Waals surface area contributed by atoms with Gasteiger partial charge in [0.2, 0.25) is 0 Å². The molecule has 0 saturated heterocycles. The van der Waals surface area contributed by atoms with Crippen molar-refractivity contribution in [2.45, 2.75) is 33.1 Å². The second-order valence-corrected chi connectivity index (χ2v) is 5.10. The van der Waals surface area contributed by atoms with Crippen LogP contribution in [0.4, 0.5) is 0 Å². The first-order chi connectivity index (χ1) is 7.36. The summed E-state index contributed by atoms with van der Waals surface area (Å²) in [6.45, 7) is 8.31. The van der Waals surface area contributed by atoms with E-state index in [-0.39, 0.29) is 11.4 Å². The van der Waals surface area contributed by atoms with Crippen molar-refractivity contribution in [1.82, 2.24) is 0 Å². The number of hydrogen-bond acceptors (Lipinski definition) is 2. The molecule has 0 saturated carbocycles. The minimum atomic E-state index is -0.288. The van der Waals surface area contributed by atoms with Crippen molar-refractivity contribution >= 4 is 17.6 Å². The number of hydrogen-bond donors (Lipinski definition) is 0. The quantitative estimate of drug-likeness (QED) is 0.735. The molecule has 0 aromatic heterocycles. The molecule has 3 heteroatoms. The molecule has 0 spiro atoms. The van der Waals surface area contributed by atoms with Gasteiger partial charge in [-0.1, -0.05) is 32.4 Å². The molecule has 0 amide bonds. The lowest BCUT2D eigenvalue weighted by molar-refractivity contribution is 0.0523. The molecule has 0 unspecified atom stereocenters. The van der Waals surface area contributed by atoms with Crippen molar-refractivity contribution < 1.29 is 9.53 Å². The zero-order chi connectivity index (χ0) is 12.3. The van der Waals surface area contributed by atoms with E-state index >= 15 is 0 Å². The van der Waals surface area contributed by atoms with Crippen LogP contribution in [-0.2, 0) is 10.2 Å². The number of halogens is 1. The summed E-state index contributed by atoms with van der Waals surface area (Å²) in [5.41, 5.74) is 1.38. The maximum atomic E-state index is 11.8. The lowest BCUT2D eigenvalue weighted by atomic mass is 9.84. The molecule has 1 aromatic carbocycles. The average molecular weight is 241 g/mol. The first kappa shape index (κ1) is 13.0. The molecule has 0 fully saturated rings. The average Bonchev–Trinajstić information content (AvgIpc) is 2.16. The summed E-state index contributed by atoms with van der Waals surface area (Å²) in [4.78, 5) is 11.8. The summed E-state index contributed by atoms with van der Waals surface area (Å²) in [5.74, 6) is -0.288. The zero-order valence-corrected chi connectivity index (χ0v) is 10.9. The molecule has 0 aliphatic carbocycles. The number of carbonyl (C=O) groups is 1. The zero-order valence-electron chi connectivity index (χ0n) is 10.1. The van der Waals surface area contributed by atoms with Crippen LogP contribution in [0, 0.1) is 0 Å². The Morgan fingerprint density at radius 1 is 1.38 bits per heavy atom. The summed E-state index contributed by atoms with van der Waals surface area (Å²) in [6, 6.07) is 5.26. The predicted octanol–water partition coefficient (Wildman–Crippen LogP) is 3.81. The van der Waals surface area contributed by atoms with Gasteiger partial charge in [-0.3, -0.25) is 0 Å². The maximum absolute atomic E-state index is 11.8. The Bertz CT molecular complexity index is 391. The number of rotatable bonds is 2. The smallest absolute Gasteiger partial charge is 0.338 e. The van der Waals surface area contributed by atoms with Gasteiger partial charge < -0.3 is 4.74 Å². The van der Waals surface area contributed by atoms with Crippen molar-refractivity contribution in [2.24, 2.45) is 0 Å². The van der Waals surface area contributed by atoms with E-state index in [2.05, 4.69) is 0 Å². The van der Waals surface area contributed by atoms with E-state index in [9.17, 15) is 4.79 Å². The van der Waals surface area contributed by atoms with Crippen molar-refractivity contribution in [3.05, 3.63) is 34.3 Å². The molecule has 0 atom stereocenters. The van der Waals surface area contributed by atoms with Crippen LogP contribution >= 0.6 is 11.6 Å². The molecule has 0 aliphatic rings. The SMILES string of the molecule is CCOC(=O)c1ccc(Cl)cc1C(C)(C)C. The third-order valence-electron chi connectivity index (χ3n) is 2.28. The largest absolute Gasteiger partial charge is 0.462 e. The molecule has 1 aromatic rings. The van der Waals surface area contributed by atoms with E-state index in [1.54, 1.807) is 19.1 Å². The Morgan fingerprint density at radius 3 is 2.50 bits per heavy atom. The maximum Gasteiger partial charge on any atom is 0.338 e. The second-order valence-electron chi connectivity index (χ2n) is 4.66. The first-order valence-electron chi connectivity index (χ1n) is 5.33. The van der Waals surface area contributed by atoms with Crippen molar-refractivity contribution in [3.63, 3.8) is 0 Å². The van der Waals surface area contributed by atoms with Gasteiger partial charge in [-0.2, -0.15) is 0 Å². The van der Waals surface area contributed by atoms with Crippen LogP contribution in [0.2, 0.25) is 5.02 Å². The Labute approximate surface area is 102 Å². The molecule has 0 aliphatic heterocycles. The Kier molecular flexibility index (Phi) is 3.98. The molecule has 0 heterocycles. The lowest BCUT2D eigenvalue weighted by Crippen LogP contribution is -2.18. The van der Waals surface area contributed by atoms with Crippen LogP contribution in [0.15, 0.2) is 18.2 Å². The Morgan fingerprint density at radius 2 is 2.00 bits per heavy atom. The Balaban J connectivity index is 3.23. The fourth-order valence-corrected chi connectivity index (χ4v) is 1.70. The molecule has 2 nitrogen and oxygen atoms in total. The van der Waals surface area contributed by atoms with Crippen molar-refractivity contribution in [1.29, 1.82) is 0 Å². The highest BCUT2D eigenvalue weighted by atomic mass is 35.5. The standard InChI is InChI=1S/C13H17ClO2/c1-5-16-12(15)10-7-6-9(14)8-11(10)13(2,3)4/h6-8H,5H2,1-4H3. The van der Waals surface area contributed by atoms with Crippen LogP contribution < -0.4 is 0 Å². The predicted molar refractivity (Wildman–Crippen MR) is 66.1 cm³/mol. The second kappa shape index (κ2) is 4.88. The minimum Gasteiger partial charge on any atom is -0.462 e. The highest BCUT2D eigenvalue weighted by Gasteiger charge is 2.22. The van der Waals surface area contributed by atoms with Gasteiger partial charge in [-0.05, 0) is 36.1 Å². The highest BCUT2D eigenvalue weighted by molar-refractivity contribution is 6.30. The van der Waals surface area contributed by atoms with E-state index in [0.29, 0.717) is 17.2 Å². The van der Waals surface area contributed by atoms with Gasteiger partial charge in [0.05, 0.1) is 12.2 Å². The van der Waals surface area contributed by atoms with Crippen LogP contribution in [0.5, 0.6) is 0 Å². The minimum absolute atomic E-state index is 0.132.